The number of nitrogen functional groups attached to an aromatic ring is 1. The number of hydrogen-bond donors (Lipinski definition) is 5. The van der Waals surface area contributed by atoms with Crippen molar-refractivity contribution < 1.29 is 15.0 Å². The number of pyridine rings is 1. The largest absolute Gasteiger partial charge is 0.478 e. The minimum atomic E-state index is -1.07. The first-order chi connectivity index (χ1) is 16.3. The lowest BCUT2D eigenvalue weighted by molar-refractivity contribution is 0.0696. The summed E-state index contributed by atoms with van der Waals surface area (Å²) in [6, 6.07) is 14.5. The van der Waals surface area contributed by atoms with Crippen LogP contribution in [-0.2, 0) is 13.0 Å². The number of nitrogens with two attached hydrogens (primary N) is 1. The van der Waals surface area contributed by atoms with Gasteiger partial charge in [-0.25, -0.2) is 4.79 Å². The van der Waals surface area contributed by atoms with E-state index >= 15 is 0 Å². The zero-order chi connectivity index (χ0) is 24.7. The van der Waals surface area contributed by atoms with Gasteiger partial charge in [-0.3, -0.25) is 15.3 Å². The quantitative estimate of drug-likeness (QED) is 0.219. The van der Waals surface area contributed by atoms with Crippen LogP contribution in [0.1, 0.15) is 34.0 Å². The Morgan fingerprint density at radius 1 is 1.06 bits per heavy atom. The SMILES string of the molecule is CCN(CCO)Cc1cccc(CC(=N)C(=N)c2cc(-c3cncc(C(=O)O)c3)ccc2N)c1. The maximum absolute atomic E-state index is 11.3. The molecular formula is C26H29N5O3. The van der Waals surface area contributed by atoms with Gasteiger partial charge >= 0.3 is 5.97 Å². The number of aliphatic hydroxyl groups is 1. The van der Waals surface area contributed by atoms with Crippen molar-refractivity contribution in [2.24, 2.45) is 0 Å². The highest BCUT2D eigenvalue weighted by Gasteiger charge is 2.15. The van der Waals surface area contributed by atoms with Gasteiger partial charge in [0.05, 0.1) is 23.6 Å². The highest BCUT2D eigenvalue weighted by atomic mass is 16.4. The predicted octanol–water partition coefficient (Wildman–Crippen LogP) is 3.47. The number of aliphatic hydroxyl groups excluding tert-OH is 1. The van der Waals surface area contributed by atoms with E-state index in [1.807, 2.05) is 31.2 Å². The summed E-state index contributed by atoms with van der Waals surface area (Å²) in [5.41, 5.74) is 10.4. The maximum Gasteiger partial charge on any atom is 0.337 e. The molecule has 3 rings (SSSR count). The number of hydrogen-bond acceptors (Lipinski definition) is 7. The van der Waals surface area contributed by atoms with Gasteiger partial charge in [-0.2, -0.15) is 0 Å². The van der Waals surface area contributed by atoms with E-state index in [2.05, 4.69) is 9.88 Å². The van der Waals surface area contributed by atoms with Gasteiger partial charge in [-0.1, -0.05) is 37.3 Å². The van der Waals surface area contributed by atoms with Gasteiger partial charge < -0.3 is 21.4 Å². The van der Waals surface area contributed by atoms with E-state index in [-0.39, 0.29) is 30.0 Å². The lowest BCUT2D eigenvalue weighted by Gasteiger charge is -2.19. The second-order valence-corrected chi connectivity index (χ2v) is 8.01. The number of nitrogens with one attached hydrogen (secondary N) is 2. The van der Waals surface area contributed by atoms with E-state index in [1.165, 1.54) is 12.3 Å². The van der Waals surface area contributed by atoms with Crippen LogP contribution in [0.3, 0.4) is 0 Å². The van der Waals surface area contributed by atoms with Crippen LogP contribution >= 0.6 is 0 Å². The average Bonchev–Trinajstić information content (AvgIpc) is 2.84. The number of carboxylic acids is 1. The number of benzene rings is 2. The molecule has 2 aromatic carbocycles. The topological polar surface area (TPSA) is 147 Å². The molecule has 0 atom stereocenters. The molecule has 6 N–H and O–H groups in total. The van der Waals surface area contributed by atoms with Crippen molar-refractivity contribution in [3.8, 4) is 11.1 Å². The van der Waals surface area contributed by atoms with Crippen LogP contribution in [0, 0.1) is 10.8 Å². The van der Waals surface area contributed by atoms with Crippen molar-refractivity contribution in [3.63, 3.8) is 0 Å². The molecule has 34 heavy (non-hydrogen) atoms. The van der Waals surface area contributed by atoms with E-state index in [0.29, 0.717) is 35.5 Å². The zero-order valence-corrected chi connectivity index (χ0v) is 19.1. The van der Waals surface area contributed by atoms with E-state index in [0.717, 1.165) is 17.7 Å². The summed E-state index contributed by atoms with van der Waals surface area (Å²) in [6.07, 6.45) is 3.11. The standard InChI is InChI=1S/C26H29N5O3/c1-2-31(8-9-32)16-18-5-3-4-17(10-18)11-24(28)25(29)22-13-19(6-7-23(22)27)20-12-21(26(33)34)15-30-14-20/h3-7,10,12-15,28-29,32H,2,8-9,11,16,27H2,1H3,(H,33,34). The van der Waals surface area contributed by atoms with Crippen molar-refractivity contribution in [2.45, 2.75) is 19.9 Å². The molecule has 0 fully saturated rings. The Morgan fingerprint density at radius 3 is 2.53 bits per heavy atom. The van der Waals surface area contributed by atoms with Crippen LogP contribution in [0.15, 0.2) is 60.9 Å². The fraction of sp³-hybridized carbons (Fsp3) is 0.231. The third-order valence-corrected chi connectivity index (χ3v) is 5.58. The molecule has 0 aliphatic heterocycles. The van der Waals surface area contributed by atoms with Crippen molar-refractivity contribution in [3.05, 3.63) is 83.2 Å². The Kier molecular flexibility index (Phi) is 8.24. The van der Waals surface area contributed by atoms with Crippen LogP contribution < -0.4 is 5.73 Å². The van der Waals surface area contributed by atoms with Gasteiger partial charge in [0, 0.05) is 48.7 Å². The monoisotopic (exact) mass is 459 g/mol. The number of rotatable bonds is 11. The third-order valence-electron chi connectivity index (χ3n) is 5.58. The summed E-state index contributed by atoms with van der Waals surface area (Å²) in [6.45, 7) is 4.27. The smallest absolute Gasteiger partial charge is 0.337 e. The first kappa shape index (κ1) is 24.8. The molecule has 0 aliphatic carbocycles. The Bertz CT molecular complexity index is 1210. The van der Waals surface area contributed by atoms with Crippen LogP contribution in [0.4, 0.5) is 5.69 Å². The molecule has 0 aliphatic rings. The Morgan fingerprint density at radius 2 is 1.82 bits per heavy atom. The maximum atomic E-state index is 11.3. The number of nitrogens with zero attached hydrogens (tertiary/aromatic N) is 2. The highest BCUT2D eigenvalue weighted by Crippen LogP contribution is 2.25. The van der Waals surface area contributed by atoms with Crippen molar-refractivity contribution in [1.82, 2.24) is 9.88 Å². The van der Waals surface area contributed by atoms with Crippen LogP contribution in [0.2, 0.25) is 0 Å². The van der Waals surface area contributed by atoms with Crippen molar-refractivity contribution >= 4 is 23.1 Å². The fourth-order valence-electron chi connectivity index (χ4n) is 3.71. The summed E-state index contributed by atoms with van der Waals surface area (Å²) in [5, 5.41) is 35.6. The van der Waals surface area contributed by atoms with Crippen molar-refractivity contribution in [2.75, 3.05) is 25.4 Å². The average molecular weight is 460 g/mol. The van der Waals surface area contributed by atoms with Crippen LogP contribution in [0.25, 0.3) is 11.1 Å². The first-order valence-electron chi connectivity index (χ1n) is 11.0. The molecule has 1 heterocycles. The zero-order valence-electron chi connectivity index (χ0n) is 19.1. The summed E-state index contributed by atoms with van der Waals surface area (Å²) < 4.78 is 0. The van der Waals surface area contributed by atoms with Crippen LogP contribution in [-0.4, -0.2) is 57.2 Å². The molecule has 8 nitrogen and oxygen atoms in total. The highest BCUT2D eigenvalue weighted by molar-refractivity contribution is 6.47. The van der Waals surface area contributed by atoms with Gasteiger partial charge in [0.25, 0.3) is 0 Å². The molecule has 3 aromatic rings. The lowest BCUT2D eigenvalue weighted by Crippen LogP contribution is -2.26. The second kappa shape index (κ2) is 11.3. The van der Waals surface area contributed by atoms with Gasteiger partial charge in [-0.05, 0) is 41.4 Å². The minimum Gasteiger partial charge on any atom is -0.478 e. The first-order valence-corrected chi connectivity index (χ1v) is 11.0. The van der Waals surface area contributed by atoms with E-state index in [4.69, 9.17) is 16.6 Å². The van der Waals surface area contributed by atoms with Crippen molar-refractivity contribution in [1.29, 1.82) is 10.8 Å². The number of likely N-dealkylation sites (N-methyl/N-ethyl adjacent to an activating group) is 1. The number of anilines is 1. The fourth-order valence-corrected chi connectivity index (χ4v) is 3.71. The molecule has 176 valence electrons. The number of carboxylic acid groups (broad SMARTS) is 1. The molecule has 8 heteroatoms. The normalized spacial score (nSPS) is 10.9. The minimum absolute atomic E-state index is 0.0163. The van der Waals surface area contributed by atoms with Gasteiger partial charge in [0.15, 0.2) is 0 Å². The molecular weight excluding hydrogens is 430 g/mol. The second-order valence-electron chi connectivity index (χ2n) is 8.01. The lowest BCUT2D eigenvalue weighted by atomic mass is 9.95. The van der Waals surface area contributed by atoms with Crippen LogP contribution in [0.5, 0.6) is 0 Å². The third kappa shape index (κ3) is 6.12. The molecule has 0 unspecified atom stereocenters. The molecule has 0 radical (unpaired) electrons. The Labute approximate surface area is 198 Å². The van der Waals surface area contributed by atoms with Gasteiger partial charge in [0.1, 0.15) is 0 Å². The molecule has 0 saturated heterocycles. The molecule has 0 spiro atoms. The van der Waals surface area contributed by atoms with Gasteiger partial charge in [0.2, 0.25) is 0 Å². The van der Waals surface area contributed by atoms with Gasteiger partial charge in [-0.15, -0.1) is 0 Å². The summed E-state index contributed by atoms with van der Waals surface area (Å²) in [4.78, 5) is 17.4. The molecule has 0 saturated carbocycles. The summed E-state index contributed by atoms with van der Waals surface area (Å²) in [7, 11) is 0. The molecule has 0 amide bonds. The predicted molar refractivity (Wildman–Crippen MR) is 134 cm³/mol. The Balaban J connectivity index is 1.79. The summed E-state index contributed by atoms with van der Waals surface area (Å²) in [5.74, 6) is -1.07. The number of aromatic carboxylic acids is 1. The number of aromatic nitrogens is 1. The summed E-state index contributed by atoms with van der Waals surface area (Å²) >= 11 is 0. The number of carbonyl (C=O) groups is 1. The molecule has 0 bridgehead atoms. The van der Waals surface area contributed by atoms with E-state index < -0.39 is 5.97 Å². The van der Waals surface area contributed by atoms with E-state index in [1.54, 1.807) is 24.4 Å². The van der Waals surface area contributed by atoms with E-state index in [9.17, 15) is 15.0 Å². The Hall–Kier alpha value is -3.88. The molecule has 1 aromatic heterocycles.